The first-order valence-electron chi connectivity index (χ1n) is 5.87. The second-order valence-corrected chi connectivity index (χ2v) is 5.16. The van der Waals surface area contributed by atoms with Crippen molar-refractivity contribution in [3.05, 3.63) is 58.0 Å². The summed E-state index contributed by atoms with van der Waals surface area (Å²) in [4.78, 5) is 23.1. The molecule has 1 aromatic heterocycles. The summed E-state index contributed by atoms with van der Waals surface area (Å²) < 4.78 is 25.5. The summed E-state index contributed by atoms with van der Waals surface area (Å²) in [6.45, 7) is 0.125. The number of alkyl halides is 2. The summed E-state index contributed by atoms with van der Waals surface area (Å²) in [7, 11) is 0. The number of benzene rings is 1. The van der Waals surface area contributed by atoms with Crippen molar-refractivity contribution in [2.45, 2.75) is 17.2 Å². The van der Waals surface area contributed by atoms with E-state index in [-0.39, 0.29) is 17.8 Å². The minimum Gasteiger partial charge on any atom is -0.364 e. The molecule has 0 saturated heterocycles. The monoisotopic (exact) mass is 311 g/mol. The molecule has 0 fully saturated rings. The van der Waals surface area contributed by atoms with Gasteiger partial charge in [-0.15, -0.1) is 0 Å². The standard InChI is InChI=1S/C13H11F2N3O2S/c14-13(15)21-9-3-1-8(2-4-9)7-18-11(19)6-5-10(17-18)12(16)20/h1-6,13H,7H2,(H2,16,20). The fourth-order valence-corrected chi connectivity index (χ4v) is 2.14. The molecular formula is C13H11F2N3O2S. The van der Waals surface area contributed by atoms with Gasteiger partial charge in [0.1, 0.15) is 5.69 Å². The van der Waals surface area contributed by atoms with Crippen LogP contribution in [0.4, 0.5) is 8.78 Å². The number of primary amides is 1. The molecule has 0 unspecified atom stereocenters. The van der Waals surface area contributed by atoms with Crippen LogP contribution in [0.3, 0.4) is 0 Å². The molecule has 0 aliphatic heterocycles. The van der Waals surface area contributed by atoms with Crippen molar-refractivity contribution in [3.8, 4) is 0 Å². The Hall–Kier alpha value is -2.22. The Morgan fingerprint density at radius 1 is 1.24 bits per heavy atom. The predicted octanol–water partition coefficient (Wildman–Crippen LogP) is 1.71. The van der Waals surface area contributed by atoms with Crippen LogP contribution in [0.15, 0.2) is 46.1 Å². The van der Waals surface area contributed by atoms with Gasteiger partial charge in [0.2, 0.25) is 0 Å². The Balaban J connectivity index is 2.20. The van der Waals surface area contributed by atoms with Gasteiger partial charge < -0.3 is 5.73 Å². The molecule has 21 heavy (non-hydrogen) atoms. The molecule has 1 heterocycles. The van der Waals surface area contributed by atoms with E-state index >= 15 is 0 Å². The van der Waals surface area contributed by atoms with Gasteiger partial charge in [-0.25, -0.2) is 4.68 Å². The third-order valence-corrected chi connectivity index (χ3v) is 3.32. The average molecular weight is 311 g/mol. The Morgan fingerprint density at radius 2 is 1.90 bits per heavy atom. The van der Waals surface area contributed by atoms with Crippen molar-refractivity contribution in [2.24, 2.45) is 5.73 Å². The number of nitrogens with two attached hydrogens (primary N) is 1. The zero-order chi connectivity index (χ0) is 15.4. The maximum absolute atomic E-state index is 12.2. The second-order valence-electron chi connectivity index (χ2n) is 4.10. The molecular weight excluding hydrogens is 300 g/mol. The van der Waals surface area contributed by atoms with Crippen LogP contribution in [-0.2, 0) is 6.54 Å². The fourth-order valence-electron chi connectivity index (χ4n) is 1.64. The van der Waals surface area contributed by atoms with Gasteiger partial charge in [-0.1, -0.05) is 23.9 Å². The van der Waals surface area contributed by atoms with E-state index in [1.165, 1.54) is 24.3 Å². The summed E-state index contributed by atoms with van der Waals surface area (Å²) in [6.07, 6.45) is 0. The maximum Gasteiger partial charge on any atom is 0.288 e. The molecule has 0 aliphatic rings. The Bertz CT molecular complexity index is 701. The van der Waals surface area contributed by atoms with Crippen LogP contribution in [0.5, 0.6) is 0 Å². The van der Waals surface area contributed by atoms with Crippen LogP contribution in [0, 0.1) is 0 Å². The lowest BCUT2D eigenvalue weighted by molar-refractivity contribution is 0.0993. The number of hydrogen-bond donors (Lipinski definition) is 1. The van der Waals surface area contributed by atoms with Gasteiger partial charge in [0.15, 0.2) is 0 Å². The van der Waals surface area contributed by atoms with Gasteiger partial charge in [0, 0.05) is 11.0 Å². The second kappa shape index (κ2) is 6.49. The summed E-state index contributed by atoms with van der Waals surface area (Å²) in [5.74, 6) is -3.21. The number of hydrogen-bond acceptors (Lipinski definition) is 4. The number of aromatic nitrogens is 2. The molecule has 0 spiro atoms. The van der Waals surface area contributed by atoms with Crippen molar-refractivity contribution in [1.29, 1.82) is 0 Å². The molecule has 1 amide bonds. The number of halogens is 2. The lowest BCUT2D eigenvalue weighted by Gasteiger charge is -2.06. The van der Waals surface area contributed by atoms with E-state index in [0.29, 0.717) is 22.2 Å². The molecule has 5 nitrogen and oxygen atoms in total. The Morgan fingerprint density at radius 3 is 2.48 bits per heavy atom. The smallest absolute Gasteiger partial charge is 0.288 e. The normalized spacial score (nSPS) is 10.8. The highest BCUT2D eigenvalue weighted by molar-refractivity contribution is 7.99. The highest BCUT2D eigenvalue weighted by Gasteiger charge is 2.07. The van der Waals surface area contributed by atoms with Gasteiger partial charge in [-0.05, 0) is 23.8 Å². The third kappa shape index (κ3) is 4.12. The van der Waals surface area contributed by atoms with E-state index in [2.05, 4.69) is 5.10 Å². The van der Waals surface area contributed by atoms with Gasteiger partial charge in [0.25, 0.3) is 17.2 Å². The van der Waals surface area contributed by atoms with Gasteiger partial charge in [0.05, 0.1) is 6.54 Å². The number of thioether (sulfide) groups is 1. The van der Waals surface area contributed by atoms with Crippen LogP contribution in [0.25, 0.3) is 0 Å². The van der Waals surface area contributed by atoms with E-state index in [4.69, 9.17) is 5.73 Å². The van der Waals surface area contributed by atoms with E-state index < -0.39 is 11.7 Å². The molecule has 0 atom stereocenters. The number of rotatable bonds is 5. The van der Waals surface area contributed by atoms with E-state index in [1.54, 1.807) is 12.1 Å². The fraction of sp³-hybridized carbons (Fsp3) is 0.154. The van der Waals surface area contributed by atoms with Gasteiger partial charge >= 0.3 is 0 Å². The summed E-state index contributed by atoms with van der Waals surface area (Å²) in [6, 6.07) is 8.77. The first kappa shape index (κ1) is 15.2. The summed E-state index contributed by atoms with van der Waals surface area (Å²) >= 11 is 0.444. The van der Waals surface area contributed by atoms with Crippen molar-refractivity contribution in [3.63, 3.8) is 0 Å². The number of nitrogens with zero attached hydrogens (tertiary/aromatic N) is 2. The zero-order valence-corrected chi connectivity index (χ0v) is 11.5. The quantitative estimate of drug-likeness (QED) is 0.853. The van der Waals surface area contributed by atoms with Crippen LogP contribution in [-0.4, -0.2) is 21.4 Å². The third-order valence-electron chi connectivity index (χ3n) is 2.60. The lowest BCUT2D eigenvalue weighted by Crippen LogP contribution is -2.26. The summed E-state index contributed by atoms with van der Waals surface area (Å²) in [5.41, 5.74) is 5.40. The Labute approximate surface area is 122 Å². The highest BCUT2D eigenvalue weighted by Crippen LogP contribution is 2.25. The minimum atomic E-state index is -2.48. The van der Waals surface area contributed by atoms with Crippen molar-refractivity contribution in [2.75, 3.05) is 0 Å². The summed E-state index contributed by atoms with van der Waals surface area (Å²) in [5, 5.41) is 3.84. The van der Waals surface area contributed by atoms with Crippen LogP contribution in [0.2, 0.25) is 0 Å². The zero-order valence-electron chi connectivity index (χ0n) is 10.7. The molecule has 8 heteroatoms. The first-order valence-corrected chi connectivity index (χ1v) is 6.75. The first-order chi connectivity index (χ1) is 9.95. The number of amides is 1. The van der Waals surface area contributed by atoms with Crippen LogP contribution < -0.4 is 11.3 Å². The highest BCUT2D eigenvalue weighted by atomic mass is 32.2. The number of carbonyl (C=O) groups excluding carboxylic acids is 1. The van der Waals surface area contributed by atoms with Crippen LogP contribution >= 0.6 is 11.8 Å². The minimum absolute atomic E-state index is 0.0144. The van der Waals surface area contributed by atoms with Crippen molar-refractivity contribution in [1.82, 2.24) is 9.78 Å². The lowest BCUT2D eigenvalue weighted by atomic mass is 10.2. The molecule has 2 N–H and O–H groups in total. The predicted molar refractivity (Wildman–Crippen MR) is 74.4 cm³/mol. The molecule has 0 saturated carbocycles. The van der Waals surface area contributed by atoms with Gasteiger partial charge in [-0.2, -0.15) is 13.9 Å². The van der Waals surface area contributed by atoms with Gasteiger partial charge in [-0.3, -0.25) is 9.59 Å². The molecule has 1 aromatic carbocycles. The Kier molecular flexibility index (Phi) is 4.69. The molecule has 110 valence electrons. The maximum atomic E-state index is 12.2. The number of carbonyl (C=O) groups is 1. The SMILES string of the molecule is NC(=O)c1ccc(=O)n(Cc2ccc(SC(F)F)cc2)n1. The molecule has 0 radical (unpaired) electrons. The topological polar surface area (TPSA) is 78.0 Å². The van der Waals surface area contributed by atoms with E-state index in [9.17, 15) is 18.4 Å². The van der Waals surface area contributed by atoms with Crippen LogP contribution in [0.1, 0.15) is 16.1 Å². The molecule has 2 rings (SSSR count). The molecule has 2 aromatic rings. The van der Waals surface area contributed by atoms with Crippen molar-refractivity contribution < 1.29 is 13.6 Å². The largest absolute Gasteiger partial charge is 0.364 e. The molecule has 0 aliphatic carbocycles. The average Bonchev–Trinajstić information content (AvgIpc) is 2.42. The molecule has 0 bridgehead atoms. The van der Waals surface area contributed by atoms with E-state index in [1.807, 2.05) is 0 Å². The van der Waals surface area contributed by atoms with Crippen molar-refractivity contribution >= 4 is 17.7 Å². The van der Waals surface area contributed by atoms with E-state index in [0.717, 1.165) is 4.68 Å².